The number of aliphatic imine (C=N–C) groups is 1. The van der Waals surface area contributed by atoms with Crippen molar-refractivity contribution in [1.29, 1.82) is 0 Å². The quantitative estimate of drug-likeness (QED) is 0.371. The monoisotopic (exact) mass is 95.1 g/mol. The van der Waals surface area contributed by atoms with Gasteiger partial charge in [-0.2, -0.15) is 0 Å². The van der Waals surface area contributed by atoms with Crippen molar-refractivity contribution >= 4 is 6.72 Å². The normalized spacial score (nSPS) is 9.14. The van der Waals surface area contributed by atoms with Gasteiger partial charge in [0.05, 0.1) is 6.54 Å². The maximum Gasteiger partial charge on any atom is 0.0566 e. The van der Waals surface area contributed by atoms with Gasteiger partial charge >= 0.3 is 0 Å². The van der Waals surface area contributed by atoms with E-state index in [0.717, 1.165) is 0 Å². The Balaban J connectivity index is 3.08. The van der Waals surface area contributed by atoms with Crippen LogP contribution in [0.25, 0.3) is 0 Å². The molecule has 0 amide bonds. The second-order valence-corrected chi connectivity index (χ2v) is 1.07. The molecule has 0 saturated heterocycles. The van der Waals surface area contributed by atoms with Crippen molar-refractivity contribution in [3.8, 4) is 0 Å². The standard InChI is InChI=1S/C6H9N/c1-3-4-5-6-7-2/h3-5H,1-2,6H2/b5-4-. The average molecular weight is 95.1 g/mol. The van der Waals surface area contributed by atoms with E-state index in [1.54, 1.807) is 6.08 Å². The van der Waals surface area contributed by atoms with E-state index in [9.17, 15) is 0 Å². The van der Waals surface area contributed by atoms with Gasteiger partial charge < -0.3 is 0 Å². The molecule has 0 aromatic rings. The SMILES string of the molecule is C=C/C=C\CN=C. The predicted octanol–water partition coefficient (Wildman–Crippen LogP) is 1.43. The highest BCUT2D eigenvalue weighted by atomic mass is 14.6. The zero-order valence-corrected chi connectivity index (χ0v) is 4.30. The van der Waals surface area contributed by atoms with Crippen molar-refractivity contribution in [1.82, 2.24) is 0 Å². The van der Waals surface area contributed by atoms with Crippen molar-refractivity contribution in [3.63, 3.8) is 0 Å². The van der Waals surface area contributed by atoms with Crippen LogP contribution >= 0.6 is 0 Å². The Morgan fingerprint density at radius 2 is 2.29 bits per heavy atom. The lowest BCUT2D eigenvalue weighted by molar-refractivity contribution is 1.27. The van der Waals surface area contributed by atoms with E-state index >= 15 is 0 Å². The number of nitrogens with zero attached hydrogens (tertiary/aromatic N) is 1. The lowest BCUT2D eigenvalue weighted by Crippen LogP contribution is -1.63. The van der Waals surface area contributed by atoms with Crippen LogP contribution in [0.3, 0.4) is 0 Å². The fourth-order valence-electron chi connectivity index (χ4n) is 0.232. The highest BCUT2D eigenvalue weighted by molar-refractivity contribution is 5.23. The summed E-state index contributed by atoms with van der Waals surface area (Å²) in [6.07, 6.45) is 5.44. The summed E-state index contributed by atoms with van der Waals surface area (Å²) in [6, 6.07) is 0. The van der Waals surface area contributed by atoms with Gasteiger partial charge in [0.25, 0.3) is 0 Å². The number of hydrogen-bond donors (Lipinski definition) is 0. The van der Waals surface area contributed by atoms with Crippen molar-refractivity contribution in [2.24, 2.45) is 4.99 Å². The summed E-state index contributed by atoms with van der Waals surface area (Å²) in [4.78, 5) is 3.59. The van der Waals surface area contributed by atoms with E-state index in [0.29, 0.717) is 6.54 Å². The van der Waals surface area contributed by atoms with Crippen LogP contribution in [0.15, 0.2) is 29.8 Å². The average Bonchev–Trinajstić information content (AvgIpc) is 1.69. The molecule has 38 valence electrons. The molecule has 0 aliphatic heterocycles. The first kappa shape index (κ1) is 6.15. The molecule has 0 rings (SSSR count). The molecule has 0 spiro atoms. The van der Waals surface area contributed by atoms with E-state index in [4.69, 9.17) is 0 Å². The van der Waals surface area contributed by atoms with Gasteiger partial charge in [0.1, 0.15) is 0 Å². The molecule has 0 aliphatic carbocycles. The van der Waals surface area contributed by atoms with Crippen molar-refractivity contribution in [3.05, 3.63) is 24.8 Å². The summed E-state index contributed by atoms with van der Waals surface area (Å²) >= 11 is 0. The highest BCUT2D eigenvalue weighted by Crippen LogP contribution is 1.71. The van der Waals surface area contributed by atoms with E-state index in [-0.39, 0.29) is 0 Å². The van der Waals surface area contributed by atoms with Crippen molar-refractivity contribution in [2.75, 3.05) is 6.54 Å². The minimum atomic E-state index is 0.687. The highest BCUT2D eigenvalue weighted by Gasteiger charge is 1.59. The Hall–Kier alpha value is -0.850. The maximum absolute atomic E-state index is 3.59. The minimum absolute atomic E-state index is 0.687. The molecule has 0 aliphatic rings. The third kappa shape index (κ3) is 5.15. The lowest BCUT2D eigenvalue weighted by atomic mass is 10.5. The number of allylic oxidation sites excluding steroid dienone is 2. The Bertz CT molecular complexity index is 82.2. The Morgan fingerprint density at radius 3 is 2.71 bits per heavy atom. The van der Waals surface area contributed by atoms with Crippen LogP contribution in [-0.2, 0) is 0 Å². The molecule has 0 aromatic heterocycles. The van der Waals surface area contributed by atoms with Gasteiger partial charge in [0, 0.05) is 0 Å². The van der Waals surface area contributed by atoms with Crippen molar-refractivity contribution in [2.45, 2.75) is 0 Å². The molecule has 1 heteroatoms. The van der Waals surface area contributed by atoms with Gasteiger partial charge in [-0.05, 0) is 6.72 Å². The van der Waals surface area contributed by atoms with Gasteiger partial charge in [-0.25, -0.2) is 0 Å². The van der Waals surface area contributed by atoms with Crippen LogP contribution in [0.5, 0.6) is 0 Å². The van der Waals surface area contributed by atoms with Gasteiger partial charge in [-0.15, -0.1) is 0 Å². The minimum Gasteiger partial charge on any atom is -0.297 e. The fourth-order valence-corrected chi connectivity index (χ4v) is 0.232. The van der Waals surface area contributed by atoms with Crippen LogP contribution in [0.2, 0.25) is 0 Å². The molecular formula is C6H9N. The van der Waals surface area contributed by atoms with Crippen molar-refractivity contribution < 1.29 is 0 Å². The second kappa shape index (κ2) is 5.15. The summed E-state index contributed by atoms with van der Waals surface area (Å²) < 4.78 is 0. The zero-order chi connectivity index (χ0) is 5.54. The second-order valence-electron chi connectivity index (χ2n) is 1.07. The molecule has 0 N–H and O–H groups in total. The first-order valence-electron chi connectivity index (χ1n) is 2.12. The molecule has 0 saturated carbocycles. The molecule has 0 aromatic carbocycles. The first-order chi connectivity index (χ1) is 3.41. The van der Waals surface area contributed by atoms with E-state index in [1.165, 1.54) is 0 Å². The number of hydrogen-bond acceptors (Lipinski definition) is 1. The topological polar surface area (TPSA) is 12.4 Å². The van der Waals surface area contributed by atoms with Crippen LogP contribution in [0.4, 0.5) is 0 Å². The third-order valence-corrected chi connectivity index (χ3v) is 0.507. The molecule has 0 heterocycles. The summed E-state index contributed by atoms with van der Waals surface area (Å²) in [5, 5.41) is 0. The summed E-state index contributed by atoms with van der Waals surface area (Å²) in [5.74, 6) is 0. The van der Waals surface area contributed by atoms with Crippen LogP contribution < -0.4 is 0 Å². The molecule has 0 atom stereocenters. The molecule has 7 heavy (non-hydrogen) atoms. The van der Waals surface area contributed by atoms with Crippen LogP contribution in [0, 0.1) is 0 Å². The largest absolute Gasteiger partial charge is 0.297 e. The molecule has 0 radical (unpaired) electrons. The molecule has 0 bridgehead atoms. The predicted molar refractivity (Wildman–Crippen MR) is 33.8 cm³/mol. The van der Waals surface area contributed by atoms with Crippen LogP contribution in [0.1, 0.15) is 0 Å². The Morgan fingerprint density at radius 1 is 1.57 bits per heavy atom. The zero-order valence-electron chi connectivity index (χ0n) is 4.30. The van der Waals surface area contributed by atoms with Gasteiger partial charge in [-0.1, -0.05) is 24.8 Å². The van der Waals surface area contributed by atoms with E-state index < -0.39 is 0 Å². The summed E-state index contributed by atoms with van der Waals surface area (Å²) in [7, 11) is 0. The van der Waals surface area contributed by atoms with Crippen LogP contribution in [-0.4, -0.2) is 13.3 Å². The third-order valence-electron chi connectivity index (χ3n) is 0.507. The van der Waals surface area contributed by atoms with Gasteiger partial charge in [0.2, 0.25) is 0 Å². The number of rotatable bonds is 3. The van der Waals surface area contributed by atoms with Gasteiger partial charge in [-0.3, -0.25) is 4.99 Å². The van der Waals surface area contributed by atoms with E-state index in [1.807, 2.05) is 12.2 Å². The van der Waals surface area contributed by atoms with Gasteiger partial charge in [0.15, 0.2) is 0 Å². The lowest BCUT2D eigenvalue weighted by Gasteiger charge is -1.72. The van der Waals surface area contributed by atoms with E-state index in [2.05, 4.69) is 18.3 Å². The summed E-state index contributed by atoms with van der Waals surface area (Å²) in [5.41, 5.74) is 0. The molecule has 0 fully saturated rings. The fraction of sp³-hybridized carbons (Fsp3) is 0.167. The Kier molecular flexibility index (Phi) is 4.52. The first-order valence-corrected chi connectivity index (χ1v) is 2.12. The molecule has 1 nitrogen and oxygen atoms in total. The maximum atomic E-state index is 3.59. The Labute approximate surface area is 44.1 Å². The smallest absolute Gasteiger partial charge is 0.0566 e. The molecule has 0 unspecified atom stereocenters. The molecular weight excluding hydrogens is 86.1 g/mol. The summed E-state index contributed by atoms with van der Waals surface area (Å²) in [6.45, 7) is 7.47.